The van der Waals surface area contributed by atoms with Crippen molar-refractivity contribution in [2.24, 2.45) is 17.8 Å². The molecule has 0 N–H and O–H groups in total. The fraction of sp³-hybridized carbons (Fsp3) is 0.389. The molecular formula is C36H38Cl2. The average Bonchev–Trinajstić information content (AvgIpc) is 2.87. The maximum atomic E-state index is 6.35. The SMILES string of the molecule is Cc1cc(C=CCc2ccccc2C=Cc2cc(Cl)cc(Cl)c2C)c(C)c(C23CC4CC(CC(C4)C2)C3)c1. The number of halogens is 2. The van der Waals surface area contributed by atoms with Crippen molar-refractivity contribution in [3.63, 3.8) is 0 Å². The van der Waals surface area contributed by atoms with Crippen molar-refractivity contribution in [2.45, 2.75) is 71.1 Å². The molecule has 0 radical (unpaired) electrons. The van der Waals surface area contributed by atoms with E-state index in [9.17, 15) is 0 Å². The molecule has 0 nitrogen and oxygen atoms in total. The molecule has 7 rings (SSSR count). The van der Waals surface area contributed by atoms with Gasteiger partial charge in [0.1, 0.15) is 0 Å². The Morgan fingerprint density at radius 1 is 0.737 bits per heavy atom. The van der Waals surface area contributed by atoms with Gasteiger partial charge in [0.2, 0.25) is 0 Å². The van der Waals surface area contributed by atoms with Gasteiger partial charge in [0, 0.05) is 10.0 Å². The van der Waals surface area contributed by atoms with E-state index in [1.54, 1.807) is 11.6 Å². The van der Waals surface area contributed by atoms with Crippen LogP contribution in [0.2, 0.25) is 10.0 Å². The average molecular weight is 542 g/mol. The Bertz CT molecular complexity index is 1390. The van der Waals surface area contributed by atoms with Crippen molar-refractivity contribution in [3.05, 3.63) is 109 Å². The second kappa shape index (κ2) is 10.4. The summed E-state index contributed by atoms with van der Waals surface area (Å²) >= 11 is 12.6. The summed E-state index contributed by atoms with van der Waals surface area (Å²) in [4.78, 5) is 0. The van der Waals surface area contributed by atoms with Gasteiger partial charge in [-0.1, -0.05) is 89.5 Å². The van der Waals surface area contributed by atoms with E-state index in [2.05, 4.69) is 74.5 Å². The maximum Gasteiger partial charge on any atom is 0.0455 e. The smallest absolute Gasteiger partial charge is 0.0455 e. The summed E-state index contributed by atoms with van der Waals surface area (Å²) in [7, 11) is 0. The molecule has 4 fully saturated rings. The Hall–Kier alpha value is -2.28. The lowest BCUT2D eigenvalue weighted by atomic mass is 9.47. The van der Waals surface area contributed by atoms with Crippen molar-refractivity contribution in [1.29, 1.82) is 0 Å². The van der Waals surface area contributed by atoms with Crippen molar-refractivity contribution in [1.82, 2.24) is 0 Å². The molecule has 0 spiro atoms. The second-order valence-corrected chi connectivity index (χ2v) is 13.3. The van der Waals surface area contributed by atoms with E-state index in [1.165, 1.54) is 66.3 Å². The Balaban J connectivity index is 1.24. The zero-order chi connectivity index (χ0) is 26.4. The van der Waals surface area contributed by atoms with Gasteiger partial charge in [-0.3, -0.25) is 0 Å². The first-order valence-electron chi connectivity index (χ1n) is 14.3. The summed E-state index contributed by atoms with van der Waals surface area (Å²) in [5.41, 5.74) is 11.1. The van der Waals surface area contributed by atoms with Crippen LogP contribution in [0.15, 0.2) is 54.6 Å². The van der Waals surface area contributed by atoms with Gasteiger partial charge in [-0.2, -0.15) is 0 Å². The predicted octanol–water partition coefficient (Wildman–Crippen LogP) is 10.8. The highest BCUT2D eigenvalue weighted by Gasteiger charge is 2.52. The van der Waals surface area contributed by atoms with E-state index >= 15 is 0 Å². The monoisotopic (exact) mass is 540 g/mol. The molecule has 0 atom stereocenters. The maximum absolute atomic E-state index is 6.35. The fourth-order valence-corrected chi connectivity index (χ4v) is 8.77. The van der Waals surface area contributed by atoms with Gasteiger partial charge in [-0.25, -0.2) is 0 Å². The number of aryl methyl sites for hydroxylation is 1. The van der Waals surface area contributed by atoms with E-state index in [0.717, 1.165) is 35.3 Å². The largest absolute Gasteiger partial charge is 0.0843 e. The van der Waals surface area contributed by atoms with Gasteiger partial charge >= 0.3 is 0 Å². The van der Waals surface area contributed by atoms with Crippen LogP contribution in [0.1, 0.15) is 83.0 Å². The molecule has 4 aliphatic rings. The molecule has 38 heavy (non-hydrogen) atoms. The molecule has 0 saturated heterocycles. The zero-order valence-corrected chi connectivity index (χ0v) is 24.4. The highest BCUT2D eigenvalue weighted by molar-refractivity contribution is 6.35. The Morgan fingerprint density at radius 2 is 1.37 bits per heavy atom. The molecule has 0 aliphatic heterocycles. The first kappa shape index (κ1) is 26.0. The molecule has 0 heterocycles. The molecule has 0 amide bonds. The Kier molecular flexibility index (Phi) is 7.08. The summed E-state index contributed by atoms with van der Waals surface area (Å²) in [6.45, 7) is 6.70. The zero-order valence-electron chi connectivity index (χ0n) is 22.9. The highest BCUT2D eigenvalue weighted by atomic mass is 35.5. The molecule has 2 heteroatoms. The number of hydrogen-bond acceptors (Lipinski definition) is 0. The molecule has 196 valence electrons. The first-order chi connectivity index (χ1) is 18.3. The van der Waals surface area contributed by atoms with Crippen LogP contribution in [-0.4, -0.2) is 0 Å². The summed E-state index contributed by atoms with van der Waals surface area (Å²) in [5, 5.41) is 1.37. The normalized spacial score (nSPS) is 26.2. The van der Waals surface area contributed by atoms with Gasteiger partial charge in [0.25, 0.3) is 0 Å². The van der Waals surface area contributed by atoms with E-state index in [4.69, 9.17) is 23.2 Å². The predicted molar refractivity (Wildman–Crippen MR) is 165 cm³/mol. The van der Waals surface area contributed by atoms with E-state index in [-0.39, 0.29) is 0 Å². The first-order valence-corrected chi connectivity index (χ1v) is 15.1. The van der Waals surface area contributed by atoms with Crippen LogP contribution in [0.4, 0.5) is 0 Å². The van der Waals surface area contributed by atoms with Crippen LogP contribution in [0.5, 0.6) is 0 Å². The molecule has 0 unspecified atom stereocenters. The lowest BCUT2D eigenvalue weighted by molar-refractivity contribution is -0.00549. The fourth-order valence-electron chi connectivity index (χ4n) is 8.26. The molecule has 0 aromatic heterocycles. The van der Waals surface area contributed by atoms with Crippen LogP contribution < -0.4 is 0 Å². The minimum Gasteiger partial charge on any atom is -0.0843 e. The second-order valence-electron chi connectivity index (χ2n) is 12.5. The van der Waals surface area contributed by atoms with Crippen LogP contribution in [0, 0.1) is 38.5 Å². The third kappa shape index (κ3) is 5.03. The Labute approximate surface area is 238 Å². The molecule has 3 aromatic rings. The van der Waals surface area contributed by atoms with Gasteiger partial charge in [-0.15, -0.1) is 0 Å². The topological polar surface area (TPSA) is 0 Å². The summed E-state index contributed by atoms with van der Waals surface area (Å²) < 4.78 is 0. The van der Waals surface area contributed by atoms with E-state index in [1.807, 2.05) is 13.0 Å². The van der Waals surface area contributed by atoms with Gasteiger partial charge in [-0.05, 0) is 140 Å². The highest BCUT2D eigenvalue weighted by Crippen LogP contribution is 2.61. The van der Waals surface area contributed by atoms with Gasteiger partial charge in [0.05, 0.1) is 0 Å². The van der Waals surface area contributed by atoms with Crippen LogP contribution in [-0.2, 0) is 11.8 Å². The van der Waals surface area contributed by atoms with E-state index < -0.39 is 0 Å². The molecular weight excluding hydrogens is 503 g/mol. The number of hydrogen-bond donors (Lipinski definition) is 0. The summed E-state index contributed by atoms with van der Waals surface area (Å²) in [6.07, 6.45) is 18.7. The summed E-state index contributed by atoms with van der Waals surface area (Å²) in [5.74, 6) is 2.91. The van der Waals surface area contributed by atoms with Crippen molar-refractivity contribution in [2.75, 3.05) is 0 Å². The lowest BCUT2D eigenvalue weighted by Crippen LogP contribution is -2.48. The van der Waals surface area contributed by atoms with Crippen LogP contribution in [0.3, 0.4) is 0 Å². The molecule has 4 saturated carbocycles. The van der Waals surface area contributed by atoms with Crippen molar-refractivity contribution in [3.8, 4) is 0 Å². The van der Waals surface area contributed by atoms with Crippen LogP contribution in [0.25, 0.3) is 18.2 Å². The molecule has 4 bridgehead atoms. The minimum absolute atomic E-state index is 0.437. The minimum atomic E-state index is 0.437. The standard InChI is InChI=1S/C36H38Cl2/c1-23-13-31(24(2)34(14-23)36-20-26-15-27(21-36)17-28(16-26)22-36)10-6-9-29-7-4-5-8-30(29)11-12-32-18-33(37)19-35(38)25(32)3/h4-8,10-14,18-19,26-28H,9,15-17,20-22H2,1-3H3. The molecule has 3 aromatic carbocycles. The third-order valence-electron chi connectivity index (χ3n) is 9.68. The lowest BCUT2D eigenvalue weighted by Gasteiger charge is -2.57. The number of benzene rings is 3. The van der Waals surface area contributed by atoms with Gasteiger partial charge in [0.15, 0.2) is 0 Å². The third-order valence-corrected chi connectivity index (χ3v) is 10.3. The quantitative estimate of drug-likeness (QED) is 0.272. The number of rotatable bonds is 6. The van der Waals surface area contributed by atoms with Crippen LogP contribution >= 0.6 is 23.2 Å². The van der Waals surface area contributed by atoms with Crippen molar-refractivity contribution >= 4 is 41.4 Å². The van der Waals surface area contributed by atoms with E-state index in [0.29, 0.717) is 15.5 Å². The molecule has 4 aliphatic carbocycles. The summed E-state index contributed by atoms with van der Waals surface area (Å²) in [6, 6.07) is 17.3. The number of allylic oxidation sites excluding steroid dienone is 1. The van der Waals surface area contributed by atoms with Crippen molar-refractivity contribution < 1.29 is 0 Å². The van der Waals surface area contributed by atoms with Gasteiger partial charge < -0.3 is 0 Å². The Morgan fingerprint density at radius 3 is 2.08 bits per heavy atom.